The molecule has 0 unspecified atom stereocenters. The molecule has 0 radical (unpaired) electrons. The van der Waals surface area contributed by atoms with Gasteiger partial charge in [0.1, 0.15) is 5.75 Å². The van der Waals surface area contributed by atoms with Gasteiger partial charge in [0.05, 0.1) is 37.8 Å². The monoisotopic (exact) mass is 488 g/mol. The summed E-state index contributed by atoms with van der Waals surface area (Å²) in [6, 6.07) is 11.0. The Kier molecular flexibility index (Phi) is 9.15. The molecular formula is C21H24F4N4O5. The molecule has 0 saturated heterocycles. The molecule has 0 aliphatic rings. The second-order valence-corrected chi connectivity index (χ2v) is 7.20. The number of hydrogen-bond donors (Lipinski definition) is 3. The highest BCUT2D eigenvalue weighted by Crippen LogP contribution is 2.39. The number of ether oxygens (including phenoxy) is 2. The van der Waals surface area contributed by atoms with Gasteiger partial charge in [-0.05, 0) is 11.6 Å². The van der Waals surface area contributed by atoms with Crippen molar-refractivity contribution < 1.29 is 36.8 Å². The van der Waals surface area contributed by atoms with Crippen LogP contribution in [0, 0.1) is 10.1 Å². The Morgan fingerprint density at radius 1 is 1.09 bits per heavy atom. The second-order valence-electron chi connectivity index (χ2n) is 7.20. The first-order valence-corrected chi connectivity index (χ1v) is 10.0. The van der Waals surface area contributed by atoms with E-state index in [1.54, 1.807) is 0 Å². The number of alkyl halides is 4. The molecule has 2 aromatic carbocycles. The van der Waals surface area contributed by atoms with Crippen LogP contribution in [0.1, 0.15) is 22.3 Å². The molecule has 5 N–H and O–H groups in total. The summed E-state index contributed by atoms with van der Waals surface area (Å²) in [6.45, 7) is -2.82. The number of amides is 1. The first-order chi connectivity index (χ1) is 16.0. The van der Waals surface area contributed by atoms with Gasteiger partial charge < -0.3 is 26.3 Å². The number of nitro groups is 1. The van der Waals surface area contributed by atoms with Gasteiger partial charge in [0.2, 0.25) is 5.91 Å². The molecule has 0 bridgehead atoms. The minimum absolute atomic E-state index is 0.0851. The van der Waals surface area contributed by atoms with Crippen LogP contribution < -0.4 is 21.5 Å². The summed E-state index contributed by atoms with van der Waals surface area (Å²) < 4.78 is 65.6. The summed E-state index contributed by atoms with van der Waals surface area (Å²) >= 11 is 0. The number of carbonyl (C=O) groups excluding carboxylic acids is 1. The lowest BCUT2D eigenvalue weighted by molar-refractivity contribution is -0.384. The van der Waals surface area contributed by atoms with Crippen molar-refractivity contribution in [3.8, 4) is 5.75 Å². The minimum Gasteiger partial charge on any atom is -0.491 e. The van der Waals surface area contributed by atoms with Crippen LogP contribution in [-0.2, 0) is 11.3 Å². The van der Waals surface area contributed by atoms with Gasteiger partial charge in [-0.1, -0.05) is 30.3 Å². The van der Waals surface area contributed by atoms with Crippen molar-refractivity contribution in [1.82, 2.24) is 0 Å². The molecule has 0 aliphatic carbocycles. The van der Waals surface area contributed by atoms with Crippen LogP contribution in [0.25, 0.3) is 0 Å². The zero-order valence-electron chi connectivity index (χ0n) is 17.9. The molecule has 9 nitrogen and oxygen atoms in total. The number of anilines is 1. The molecule has 34 heavy (non-hydrogen) atoms. The number of benzene rings is 2. The van der Waals surface area contributed by atoms with E-state index in [0.717, 1.165) is 17.7 Å². The largest absolute Gasteiger partial charge is 0.491 e. The van der Waals surface area contributed by atoms with Crippen LogP contribution in [0.2, 0.25) is 0 Å². The molecule has 1 amide bonds. The number of nitrogens with one attached hydrogen (secondary N) is 1. The third-order valence-corrected chi connectivity index (χ3v) is 4.64. The van der Waals surface area contributed by atoms with Gasteiger partial charge >= 0.3 is 11.8 Å². The van der Waals surface area contributed by atoms with E-state index in [4.69, 9.17) is 20.9 Å². The molecule has 0 saturated carbocycles. The van der Waals surface area contributed by atoms with Gasteiger partial charge in [0.25, 0.3) is 5.69 Å². The van der Waals surface area contributed by atoms with E-state index in [9.17, 15) is 32.5 Å². The standard InChI is InChI=1S/C21H24F4N4O5/c22-20(23,12-26)21(24,25)13-28-18-16(29(31)32)9-15(19(27)30)10-17(18)34-8-4-7-33-11-14-5-2-1-3-6-14/h1-3,5-6,9-10,28H,4,7-8,11-13,26H2,(H2,27,30). The topological polar surface area (TPSA) is 143 Å². The minimum atomic E-state index is -4.62. The Hall–Kier alpha value is -3.45. The second kappa shape index (κ2) is 11.6. The van der Waals surface area contributed by atoms with E-state index in [0.29, 0.717) is 13.0 Å². The fourth-order valence-corrected chi connectivity index (χ4v) is 2.76. The van der Waals surface area contributed by atoms with Crippen molar-refractivity contribution in [2.45, 2.75) is 24.9 Å². The van der Waals surface area contributed by atoms with Gasteiger partial charge in [-0.3, -0.25) is 14.9 Å². The SMILES string of the molecule is NCC(F)(F)C(F)(F)CNc1c(OCCCOCc2ccccc2)cc(C(N)=O)cc1[N+](=O)[O-]. The molecule has 0 heterocycles. The van der Waals surface area contributed by atoms with Gasteiger partial charge in [0, 0.05) is 18.1 Å². The highest BCUT2D eigenvalue weighted by atomic mass is 19.3. The molecule has 0 atom stereocenters. The van der Waals surface area contributed by atoms with Gasteiger partial charge in [-0.15, -0.1) is 0 Å². The number of primary amides is 1. The van der Waals surface area contributed by atoms with E-state index in [1.165, 1.54) is 0 Å². The Morgan fingerprint density at radius 3 is 2.35 bits per heavy atom. The van der Waals surface area contributed by atoms with E-state index >= 15 is 0 Å². The van der Waals surface area contributed by atoms with Crippen molar-refractivity contribution in [2.24, 2.45) is 11.5 Å². The van der Waals surface area contributed by atoms with Crippen LogP contribution in [0.5, 0.6) is 5.75 Å². The number of hydrogen-bond acceptors (Lipinski definition) is 7. The molecule has 0 fully saturated rings. The van der Waals surface area contributed by atoms with Crippen molar-refractivity contribution >= 4 is 17.3 Å². The zero-order valence-corrected chi connectivity index (χ0v) is 17.9. The molecule has 2 aromatic rings. The summed E-state index contributed by atoms with van der Waals surface area (Å²) in [5, 5.41) is 13.4. The van der Waals surface area contributed by atoms with Crippen molar-refractivity contribution in [3.05, 3.63) is 63.7 Å². The Balaban J connectivity index is 2.14. The van der Waals surface area contributed by atoms with Crippen molar-refractivity contribution in [1.29, 1.82) is 0 Å². The smallest absolute Gasteiger partial charge is 0.328 e. The quantitative estimate of drug-likeness (QED) is 0.160. The lowest BCUT2D eigenvalue weighted by atomic mass is 10.1. The fraction of sp³-hybridized carbons (Fsp3) is 0.381. The Bertz CT molecular complexity index is 993. The average Bonchev–Trinajstić information content (AvgIpc) is 2.80. The maximum absolute atomic E-state index is 13.9. The predicted octanol–water partition coefficient (Wildman–Crippen LogP) is 3.32. The van der Waals surface area contributed by atoms with Crippen LogP contribution in [0.15, 0.2) is 42.5 Å². The maximum Gasteiger partial charge on any atom is 0.328 e. The fourth-order valence-electron chi connectivity index (χ4n) is 2.76. The molecule has 0 aliphatic heterocycles. The van der Waals surface area contributed by atoms with Crippen molar-refractivity contribution in [2.75, 3.05) is 31.6 Å². The molecule has 186 valence electrons. The average molecular weight is 488 g/mol. The van der Waals surface area contributed by atoms with E-state index in [1.807, 2.05) is 35.6 Å². The highest BCUT2D eigenvalue weighted by molar-refractivity contribution is 5.95. The number of halogens is 4. The maximum atomic E-state index is 13.9. The summed E-state index contributed by atoms with van der Waals surface area (Å²) in [7, 11) is 0. The lowest BCUT2D eigenvalue weighted by Crippen LogP contribution is -2.50. The van der Waals surface area contributed by atoms with Crippen LogP contribution in [-0.4, -0.2) is 49.0 Å². The van der Waals surface area contributed by atoms with Crippen LogP contribution in [0.4, 0.5) is 28.9 Å². The molecule has 0 aromatic heterocycles. The van der Waals surface area contributed by atoms with Gasteiger partial charge in [-0.2, -0.15) is 17.6 Å². The summed E-state index contributed by atoms with van der Waals surface area (Å²) in [5.41, 5.74) is 9.05. The number of nitrogens with zero attached hydrogens (tertiary/aromatic N) is 1. The van der Waals surface area contributed by atoms with Crippen molar-refractivity contribution in [3.63, 3.8) is 0 Å². The molecule has 0 spiro atoms. The normalized spacial score (nSPS) is 11.8. The number of nitro benzene ring substituents is 1. The zero-order chi connectivity index (χ0) is 25.4. The predicted molar refractivity (Wildman–Crippen MR) is 115 cm³/mol. The Labute approximate surface area is 192 Å². The molecular weight excluding hydrogens is 464 g/mol. The molecule has 2 rings (SSSR count). The summed E-state index contributed by atoms with van der Waals surface area (Å²) in [4.78, 5) is 22.0. The lowest BCUT2D eigenvalue weighted by Gasteiger charge is -2.26. The summed E-state index contributed by atoms with van der Waals surface area (Å²) in [6.07, 6.45) is 0.294. The summed E-state index contributed by atoms with van der Waals surface area (Å²) in [5.74, 6) is -10.6. The van der Waals surface area contributed by atoms with Gasteiger partial charge in [-0.25, -0.2) is 0 Å². The Morgan fingerprint density at radius 2 is 1.76 bits per heavy atom. The van der Waals surface area contributed by atoms with Gasteiger partial charge in [0.15, 0.2) is 5.69 Å². The number of nitrogens with two attached hydrogens (primary N) is 2. The number of rotatable bonds is 14. The van der Waals surface area contributed by atoms with E-state index in [2.05, 4.69) is 0 Å². The van der Waals surface area contributed by atoms with Crippen LogP contribution in [0.3, 0.4) is 0 Å². The third kappa shape index (κ3) is 7.02. The van der Waals surface area contributed by atoms with E-state index < -0.39 is 47.1 Å². The number of carbonyl (C=O) groups is 1. The first-order valence-electron chi connectivity index (χ1n) is 10.0. The van der Waals surface area contributed by atoms with Crippen LogP contribution >= 0.6 is 0 Å². The highest BCUT2D eigenvalue weighted by Gasteiger charge is 2.55. The van der Waals surface area contributed by atoms with E-state index in [-0.39, 0.29) is 24.5 Å². The first kappa shape index (κ1) is 26.8. The molecule has 13 heteroatoms. The third-order valence-electron chi connectivity index (χ3n) is 4.64.